The SMILES string of the molecule is COc1cccc(C(=O)N2CCC3(CC(=O)N(c4ccc(C)cc4)C3)C2)c1. The molecule has 5 nitrogen and oxygen atoms in total. The maximum absolute atomic E-state index is 12.9. The van der Waals surface area contributed by atoms with Crippen molar-refractivity contribution in [2.24, 2.45) is 5.41 Å². The van der Waals surface area contributed by atoms with Gasteiger partial charge in [0.25, 0.3) is 5.91 Å². The Balaban J connectivity index is 1.49. The van der Waals surface area contributed by atoms with E-state index in [-0.39, 0.29) is 17.2 Å². The predicted octanol–water partition coefficient (Wildman–Crippen LogP) is 3.27. The zero-order valence-corrected chi connectivity index (χ0v) is 15.8. The number of methoxy groups -OCH3 is 1. The first-order valence-corrected chi connectivity index (χ1v) is 9.30. The fourth-order valence-corrected chi connectivity index (χ4v) is 4.18. The number of benzene rings is 2. The summed E-state index contributed by atoms with van der Waals surface area (Å²) in [6.07, 6.45) is 1.36. The van der Waals surface area contributed by atoms with Gasteiger partial charge in [0.15, 0.2) is 0 Å². The van der Waals surface area contributed by atoms with Crippen molar-refractivity contribution in [1.82, 2.24) is 4.90 Å². The lowest BCUT2D eigenvalue weighted by atomic mass is 9.86. The van der Waals surface area contributed by atoms with Gasteiger partial charge >= 0.3 is 0 Å². The Kier molecular flexibility index (Phi) is 4.38. The van der Waals surface area contributed by atoms with E-state index in [1.165, 1.54) is 5.56 Å². The van der Waals surface area contributed by atoms with Crippen molar-refractivity contribution in [3.8, 4) is 5.75 Å². The molecule has 2 aliphatic heterocycles. The van der Waals surface area contributed by atoms with Gasteiger partial charge in [0.1, 0.15) is 5.75 Å². The number of nitrogens with zero attached hydrogens (tertiary/aromatic N) is 2. The highest BCUT2D eigenvalue weighted by molar-refractivity contribution is 5.97. The molecule has 2 aromatic rings. The third-order valence-corrected chi connectivity index (χ3v) is 5.71. The molecule has 2 saturated heterocycles. The number of carbonyl (C=O) groups excluding carboxylic acids is 2. The predicted molar refractivity (Wildman–Crippen MR) is 104 cm³/mol. The summed E-state index contributed by atoms with van der Waals surface area (Å²) in [7, 11) is 1.60. The Labute approximate surface area is 159 Å². The van der Waals surface area contributed by atoms with E-state index in [1.54, 1.807) is 13.2 Å². The number of amides is 2. The number of aryl methyl sites for hydroxylation is 1. The fourth-order valence-electron chi connectivity index (χ4n) is 4.18. The van der Waals surface area contributed by atoms with E-state index in [0.717, 1.165) is 12.1 Å². The molecule has 2 amide bonds. The van der Waals surface area contributed by atoms with E-state index in [0.29, 0.717) is 37.4 Å². The first-order chi connectivity index (χ1) is 13.0. The van der Waals surface area contributed by atoms with Crippen molar-refractivity contribution in [2.45, 2.75) is 19.8 Å². The minimum absolute atomic E-state index is 0.00649. The summed E-state index contributed by atoms with van der Waals surface area (Å²) in [4.78, 5) is 29.3. The maximum Gasteiger partial charge on any atom is 0.254 e. The van der Waals surface area contributed by atoms with Gasteiger partial charge in [-0.15, -0.1) is 0 Å². The van der Waals surface area contributed by atoms with Crippen LogP contribution in [0.2, 0.25) is 0 Å². The molecule has 140 valence electrons. The second kappa shape index (κ2) is 6.72. The Hall–Kier alpha value is -2.82. The Morgan fingerprint density at radius 2 is 1.89 bits per heavy atom. The average molecular weight is 364 g/mol. The summed E-state index contributed by atoms with van der Waals surface area (Å²) < 4.78 is 5.22. The summed E-state index contributed by atoms with van der Waals surface area (Å²) in [5.41, 5.74) is 2.61. The number of rotatable bonds is 3. The second-order valence-corrected chi connectivity index (χ2v) is 7.70. The highest BCUT2D eigenvalue weighted by Gasteiger charge is 2.48. The maximum atomic E-state index is 12.9. The monoisotopic (exact) mass is 364 g/mol. The highest BCUT2D eigenvalue weighted by atomic mass is 16.5. The molecule has 0 radical (unpaired) electrons. The van der Waals surface area contributed by atoms with E-state index in [1.807, 2.05) is 59.2 Å². The van der Waals surface area contributed by atoms with Gasteiger partial charge in [-0.25, -0.2) is 0 Å². The zero-order valence-electron chi connectivity index (χ0n) is 15.8. The van der Waals surface area contributed by atoms with Crippen molar-refractivity contribution < 1.29 is 14.3 Å². The van der Waals surface area contributed by atoms with E-state index >= 15 is 0 Å². The highest BCUT2D eigenvalue weighted by Crippen LogP contribution is 2.42. The van der Waals surface area contributed by atoms with Gasteiger partial charge in [-0.1, -0.05) is 23.8 Å². The van der Waals surface area contributed by atoms with Gasteiger partial charge < -0.3 is 14.5 Å². The molecular formula is C22H24N2O3. The third kappa shape index (κ3) is 3.29. The van der Waals surface area contributed by atoms with E-state index in [9.17, 15) is 9.59 Å². The molecule has 0 aromatic heterocycles. The summed E-state index contributed by atoms with van der Waals surface area (Å²) >= 11 is 0. The first-order valence-electron chi connectivity index (χ1n) is 9.30. The molecule has 2 aliphatic rings. The second-order valence-electron chi connectivity index (χ2n) is 7.70. The molecule has 2 aromatic carbocycles. The molecule has 1 unspecified atom stereocenters. The van der Waals surface area contributed by atoms with Crippen LogP contribution < -0.4 is 9.64 Å². The lowest BCUT2D eigenvalue weighted by Gasteiger charge is -2.24. The number of carbonyl (C=O) groups is 2. The molecule has 5 heteroatoms. The first kappa shape index (κ1) is 17.6. The van der Waals surface area contributed by atoms with Gasteiger partial charge in [-0.3, -0.25) is 9.59 Å². The van der Waals surface area contributed by atoms with Gasteiger partial charge in [0, 0.05) is 42.7 Å². The summed E-state index contributed by atoms with van der Waals surface area (Å²) in [5.74, 6) is 0.831. The van der Waals surface area contributed by atoms with Gasteiger partial charge in [0.2, 0.25) is 5.91 Å². The van der Waals surface area contributed by atoms with Gasteiger partial charge in [-0.2, -0.15) is 0 Å². The number of anilines is 1. The van der Waals surface area contributed by atoms with Crippen molar-refractivity contribution >= 4 is 17.5 Å². The van der Waals surface area contributed by atoms with Crippen LogP contribution in [0.1, 0.15) is 28.8 Å². The van der Waals surface area contributed by atoms with Crippen LogP contribution in [0.25, 0.3) is 0 Å². The third-order valence-electron chi connectivity index (χ3n) is 5.71. The van der Waals surface area contributed by atoms with Crippen LogP contribution in [0.3, 0.4) is 0 Å². The van der Waals surface area contributed by atoms with Crippen LogP contribution in [-0.2, 0) is 4.79 Å². The van der Waals surface area contributed by atoms with Gasteiger partial charge in [-0.05, 0) is 43.7 Å². The average Bonchev–Trinajstić information content (AvgIpc) is 3.24. The molecule has 27 heavy (non-hydrogen) atoms. The topological polar surface area (TPSA) is 49.9 Å². The van der Waals surface area contributed by atoms with E-state index in [2.05, 4.69) is 0 Å². The van der Waals surface area contributed by atoms with Crippen molar-refractivity contribution in [3.63, 3.8) is 0 Å². The Morgan fingerprint density at radius 1 is 1.11 bits per heavy atom. The summed E-state index contributed by atoms with van der Waals surface area (Å²) in [6.45, 7) is 4.02. The number of likely N-dealkylation sites (tertiary alicyclic amines) is 1. The van der Waals surface area contributed by atoms with Gasteiger partial charge in [0.05, 0.1) is 7.11 Å². The van der Waals surface area contributed by atoms with E-state index in [4.69, 9.17) is 4.74 Å². The Morgan fingerprint density at radius 3 is 2.63 bits per heavy atom. The van der Waals surface area contributed by atoms with Crippen LogP contribution >= 0.6 is 0 Å². The molecular weight excluding hydrogens is 340 g/mol. The minimum Gasteiger partial charge on any atom is -0.497 e. The molecule has 0 bridgehead atoms. The molecule has 0 N–H and O–H groups in total. The molecule has 0 saturated carbocycles. The number of hydrogen-bond acceptors (Lipinski definition) is 3. The van der Waals surface area contributed by atoms with Crippen LogP contribution in [-0.4, -0.2) is 43.5 Å². The quantitative estimate of drug-likeness (QED) is 0.840. The van der Waals surface area contributed by atoms with Crippen LogP contribution in [0, 0.1) is 12.3 Å². The van der Waals surface area contributed by atoms with Crippen molar-refractivity contribution in [2.75, 3.05) is 31.6 Å². The van der Waals surface area contributed by atoms with Crippen LogP contribution in [0.4, 0.5) is 5.69 Å². The molecule has 4 rings (SSSR count). The van der Waals surface area contributed by atoms with Crippen LogP contribution in [0.5, 0.6) is 5.75 Å². The van der Waals surface area contributed by atoms with Crippen molar-refractivity contribution in [1.29, 1.82) is 0 Å². The smallest absolute Gasteiger partial charge is 0.254 e. The fraction of sp³-hybridized carbons (Fsp3) is 0.364. The zero-order chi connectivity index (χ0) is 19.0. The molecule has 1 spiro atoms. The standard InChI is InChI=1S/C22H24N2O3/c1-16-6-8-18(9-7-16)24-15-22(13-20(24)25)10-11-23(14-22)21(26)17-4-3-5-19(12-17)27-2/h3-9,12H,10-11,13-15H2,1-2H3. The molecule has 2 heterocycles. The number of ether oxygens (including phenoxy) is 1. The largest absolute Gasteiger partial charge is 0.497 e. The molecule has 0 aliphatic carbocycles. The molecule has 1 atom stereocenters. The molecule has 2 fully saturated rings. The van der Waals surface area contributed by atoms with E-state index < -0.39 is 0 Å². The van der Waals surface area contributed by atoms with Crippen molar-refractivity contribution in [3.05, 3.63) is 59.7 Å². The lowest BCUT2D eigenvalue weighted by molar-refractivity contribution is -0.117. The normalized spacial score (nSPS) is 21.9. The number of hydrogen-bond donors (Lipinski definition) is 0. The minimum atomic E-state index is -0.142. The lowest BCUT2D eigenvalue weighted by Crippen LogP contribution is -2.34. The Bertz CT molecular complexity index is 877. The van der Waals surface area contributed by atoms with Crippen LogP contribution in [0.15, 0.2) is 48.5 Å². The summed E-state index contributed by atoms with van der Waals surface area (Å²) in [6, 6.07) is 15.3. The summed E-state index contributed by atoms with van der Waals surface area (Å²) in [5, 5.41) is 0.